The van der Waals surface area contributed by atoms with Crippen LogP contribution in [0.1, 0.15) is 24.5 Å². The molecule has 0 unspecified atom stereocenters. The minimum absolute atomic E-state index is 0.0914. The number of carbonyl (C=O) groups excluding carboxylic acids is 2. The summed E-state index contributed by atoms with van der Waals surface area (Å²) in [6, 6.07) is 9.30. The number of hydrogen-bond donors (Lipinski definition) is 0. The molecule has 5 rings (SSSR count). The first kappa shape index (κ1) is 25.0. The number of ether oxygens (including phenoxy) is 2. The van der Waals surface area contributed by atoms with Gasteiger partial charge in [-0.15, -0.1) is 0 Å². The Morgan fingerprint density at radius 1 is 1.00 bits per heavy atom. The van der Waals surface area contributed by atoms with Gasteiger partial charge in [0.2, 0.25) is 18.6 Å². The molecule has 3 heterocycles. The van der Waals surface area contributed by atoms with Crippen LogP contribution in [0.25, 0.3) is 0 Å². The number of sulfone groups is 1. The van der Waals surface area contributed by atoms with E-state index in [0.717, 1.165) is 29.2 Å². The van der Waals surface area contributed by atoms with E-state index in [1.54, 1.807) is 4.90 Å². The van der Waals surface area contributed by atoms with Crippen molar-refractivity contribution in [1.82, 2.24) is 9.80 Å². The number of fused-ring (bicyclic) bond motifs is 2. The molecule has 0 spiro atoms. The van der Waals surface area contributed by atoms with Crippen molar-refractivity contribution >= 4 is 43.3 Å². The van der Waals surface area contributed by atoms with Crippen molar-refractivity contribution in [2.24, 2.45) is 0 Å². The molecule has 0 saturated carbocycles. The van der Waals surface area contributed by atoms with E-state index in [9.17, 15) is 18.0 Å². The molecule has 2 aromatic rings. The molecule has 1 saturated heterocycles. The molecular weight excluding hydrogens is 550 g/mol. The molecule has 11 heteroatoms. The summed E-state index contributed by atoms with van der Waals surface area (Å²) in [4.78, 5) is 30.6. The largest absolute Gasteiger partial charge is 0.454 e. The third kappa shape index (κ3) is 5.09. The van der Waals surface area contributed by atoms with Crippen LogP contribution in [0.3, 0.4) is 0 Å². The van der Waals surface area contributed by atoms with Gasteiger partial charge in [-0.2, -0.15) is 0 Å². The second kappa shape index (κ2) is 10.0. The van der Waals surface area contributed by atoms with E-state index in [-0.39, 0.29) is 35.7 Å². The number of rotatable bonds is 6. The van der Waals surface area contributed by atoms with Gasteiger partial charge in [-0.1, -0.05) is 22.0 Å². The average Bonchev–Trinajstić information content (AvgIpc) is 3.49. The summed E-state index contributed by atoms with van der Waals surface area (Å²) in [7, 11) is -3.77. The molecular formula is C25H28BrN3O6S. The molecule has 2 aromatic carbocycles. The third-order valence-corrected chi connectivity index (χ3v) is 9.04. The molecule has 3 aliphatic heterocycles. The minimum Gasteiger partial charge on any atom is -0.454 e. The maximum Gasteiger partial charge on any atom is 0.231 e. The van der Waals surface area contributed by atoms with E-state index in [4.69, 9.17) is 9.47 Å². The van der Waals surface area contributed by atoms with Crippen molar-refractivity contribution in [3.05, 3.63) is 45.9 Å². The predicted molar refractivity (Wildman–Crippen MR) is 137 cm³/mol. The lowest BCUT2D eigenvalue weighted by atomic mass is 10.1. The molecule has 1 fully saturated rings. The quantitative estimate of drug-likeness (QED) is 0.520. The second-order valence-corrected chi connectivity index (χ2v) is 12.2. The molecule has 0 radical (unpaired) electrons. The van der Waals surface area contributed by atoms with Crippen molar-refractivity contribution in [2.75, 3.05) is 50.2 Å². The summed E-state index contributed by atoms with van der Waals surface area (Å²) in [6.45, 7) is 5.39. The normalized spacial score (nSPS) is 17.4. The highest BCUT2D eigenvalue weighted by Gasteiger charge is 2.32. The van der Waals surface area contributed by atoms with Crippen LogP contribution in [-0.2, 0) is 32.4 Å². The molecule has 0 atom stereocenters. The standard InChI is InChI=1S/C25H28BrN3O6S/c1-17(30)29-6-4-19-13-20(26)14-23(25(19)29)36(32,33)11-5-24(31)28-9-7-27(8-10-28)15-18-2-3-21-22(12-18)35-16-34-21/h2-3,12-14H,4-11,15-16H2,1H3. The minimum atomic E-state index is -3.77. The highest BCUT2D eigenvalue weighted by atomic mass is 79.9. The molecule has 0 aliphatic carbocycles. The van der Waals surface area contributed by atoms with Gasteiger partial charge in [0.05, 0.1) is 16.3 Å². The van der Waals surface area contributed by atoms with Crippen LogP contribution >= 0.6 is 15.9 Å². The number of halogens is 1. The highest BCUT2D eigenvalue weighted by Crippen LogP contribution is 2.38. The molecule has 0 bridgehead atoms. The van der Waals surface area contributed by atoms with E-state index in [1.165, 1.54) is 17.9 Å². The van der Waals surface area contributed by atoms with Crippen LogP contribution in [0, 0.1) is 0 Å². The van der Waals surface area contributed by atoms with Gasteiger partial charge in [-0.25, -0.2) is 8.42 Å². The number of piperazine rings is 1. The average molecular weight is 578 g/mol. The van der Waals surface area contributed by atoms with Gasteiger partial charge in [-0.3, -0.25) is 14.5 Å². The van der Waals surface area contributed by atoms with Crippen molar-refractivity contribution in [3.63, 3.8) is 0 Å². The number of nitrogens with zero attached hydrogens (tertiary/aromatic N) is 3. The molecule has 36 heavy (non-hydrogen) atoms. The summed E-state index contributed by atoms with van der Waals surface area (Å²) < 4.78 is 38.0. The zero-order valence-electron chi connectivity index (χ0n) is 20.0. The van der Waals surface area contributed by atoms with Gasteiger partial charge in [0, 0.05) is 57.1 Å². The number of carbonyl (C=O) groups is 2. The number of benzene rings is 2. The Morgan fingerprint density at radius 2 is 1.75 bits per heavy atom. The maximum atomic E-state index is 13.3. The van der Waals surface area contributed by atoms with E-state index in [2.05, 4.69) is 20.8 Å². The third-order valence-electron chi connectivity index (χ3n) is 6.86. The van der Waals surface area contributed by atoms with Crippen LogP contribution in [-0.4, -0.2) is 75.3 Å². The summed E-state index contributed by atoms with van der Waals surface area (Å²) in [5.41, 5.74) is 2.39. The first-order valence-electron chi connectivity index (χ1n) is 11.9. The van der Waals surface area contributed by atoms with Crippen LogP contribution in [0.4, 0.5) is 5.69 Å². The van der Waals surface area contributed by atoms with E-state index in [1.807, 2.05) is 24.3 Å². The zero-order valence-corrected chi connectivity index (χ0v) is 22.4. The lowest BCUT2D eigenvalue weighted by Gasteiger charge is -2.34. The molecule has 9 nitrogen and oxygen atoms in total. The summed E-state index contributed by atoms with van der Waals surface area (Å²) in [5, 5.41) is 0. The fourth-order valence-corrected chi connectivity index (χ4v) is 7.13. The Balaban J connectivity index is 1.18. The molecule has 3 aliphatic rings. The second-order valence-electron chi connectivity index (χ2n) is 9.25. The Labute approximate surface area is 219 Å². The number of hydrogen-bond acceptors (Lipinski definition) is 7. The van der Waals surface area contributed by atoms with Crippen LogP contribution in [0.5, 0.6) is 11.5 Å². The summed E-state index contributed by atoms with van der Waals surface area (Å²) in [5.74, 6) is 0.854. The fourth-order valence-electron chi connectivity index (χ4n) is 4.96. The predicted octanol–water partition coefficient (Wildman–Crippen LogP) is 2.60. The lowest BCUT2D eigenvalue weighted by molar-refractivity contribution is -0.132. The molecule has 2 amide bonds. The zero-order chi connectivity index (χ0) is 25.4. The highest BCUT2D eigenvalue weighted by molar-refractivity contribution is 9.10. The smallest absolute Gasteiger partial charge is 0.231 e. The topological polar surface area (TPSA) is 96.5 Å². The summed E-state index contributed by atoms with van der Waals surface area (Å²) in [6.07, 6.45) is 0.512. The van der Waals surface area contributed by atoms with E-state index < -0.39 is 9.84 Å². The van der Waals surface area contributed by atoms with Crippen LogP contribution < -0.4 is 14.4 Å². The molecule has 192 valence electrons. The van der Waals surface area contributed by atoms with Gasteiger partial charge in [-0.05, 0) is 41.8 Å². The SMILES string of the molecule is CC(=O)N1CCc2cc(Br)cc(S(=O)(=O)CCC(=O)N3CCN(Cc4ccc5c(c4)OCO5)CC3)c21. The first-order chi connectivity index (χ1) is 17.2. The Bertz CT molecular complexity index is 1310. The number of amides is 2. The van der Waals surface area contributed by atoms with Crippen molar-refractivity contribution in [2.45, 2.75) is 31.2 Å². The van der Waals surface area contributed by atoms with Crippen LogP contribution in [0.15, 0.2) is 39.7 Å². The van der Waals surface area contributed by atoms with Gasteiger partial charge < -0.3 is 19.3 Å². The van der Waals surface area contributed by atoms with Crippen molar-refractivity contribution in [1.29, 1.82) is 0 Å². The molecule has 0 N–H and O–H groups in total. The molecule has 0 aromatic heterocycles. The van der Waals surface area contributed by atoms with Crippen molar-refractivity contribution in [3.8, 4) is 11.5 Å². The first-order valence-corrected chi connectivity index (χ1v) is 14.4. The maximum absolute atomic E-state index is 13.3. The van der Waals surface area contributed by atoms with Gasteiger partial charge >= 0.3 is 0 Å². The lowest BCUT2D eigenvalue weighted by Crippen LogP contribution is -2.48. The fraction of sp³-hybridized carbons (Fsp3) is 0.440. The Kier molecular flexibility index (Phi) is 6.97. The summed E-state index contributed by atoms with van der Waals surface area (Å²) >= 11 is 3.39. The number of anilines is 1. The van der Waals surface area contributed by atoms with Gasteiger partial charge in [0.1, 0.15) is 0 Å². The van der Waals surface area contributed by atoms with E-state index in [0.29, 0.717) is 49.3 Å². The van der Waals surface area contributed by atoms with Gasteiger partial charge in [0.15, 0.2) is 21.3 Å². The van der Waals surface area contributed by atoms with E-state index >= 15 is 0 Å². The van der Waals surface area contributed by atoms with Crippen LogP contribution in [0.2, 0.25) is 0 Å². The monoisotopic (exact) mass is 577 g/mol. The Morgan fingerprint density at radius 3 is 2.50 bits per heavy atom. The van der Waals surface area contributed by atoms with Crippen molar-refractivity contribution < 1.29 is 27.5 Å². The Hall–Kier alpha value is -2.63. The van der Waals surface area contributed by atoms with Gasteiger partial charge in [0.25, 0.3) is 0 Å².